The van der Waals surface area contributed by atoms with Crippen molar-refractivity contribution in [3.8, 4) is 0 Å². The van der Waals surface area contributed by atoms with Gasteiger partial charge in [0.05, 0.1) is 6.10 Å². The summed E-state index contributed by atoms with van der Waals surface area (Å²) in [6.45, 7) is 6.60. The van der Waals surface area contributed by atoms with E-state index in [1.165, 1.54) is 5.56 Å². The first-order valence-corrected chi connectivity index (χ1v) is 6.26. The van der Waals surface area contributed by atoms with Gasteiger partial charge in [0.1, 0.15) is 0 Å². The minimum absolute atomic E-state index is 0.0175. The maximum Gasteiger partial charge on any atom is 0.248 e. The van der Waals surface area contributed by atoms with Crippen molar-refractivity contribution >= 4 is 5.91 Å². The fourth-order valence-corrected chi connectivity index (χ4v) is 2.03. The molecular formula is C15H19NO2. The molecule has 1 aromatic carbocycles. The van der Waals surface area contributed by atoms with Crippen LogP contribution < -0.4 is 0 Å². The SMILES string of the molecule is Cc1ccccc1CN1C(=O)C=C[C@H]1OC(C)C. The molecule has 0 unspecified atom stereocenters. The standard InChI is InChI=1S/C15H19NO2/c1-11(2)18-15-9-8-14(17)16(15)10-13-7-5-4-6-12(13)3/h4-9,11,15H,10H2,1-3H3/t15-/m1/s1. The van der Waals surface area contributed by atoms with E-state index in [-0.39, 0.29) is 18.2 Å². The number of aryl methyl sites for hydroxylation is 1. The van der Waals surface area contributed by atoms with Crippen LogP contribution in [0, 0.1) is 6.92 Å². The van der Waals surface area contributed by atoms with Crippen LogP contribution in [0.1, 0.15) is 25.0 Å². The highest BCUT2D eigenvalue weighted by atomic mass is 16.5. The maximum absolute atomic E-state index is 11.8. The lowest BCUT2D eigenvalue weighted by molar-refractivity contribution is -0.137. The number of carbonyl (C=O) groups excluding carboxylic acids is 1. The van der Waals surface area contributed by atoms with Crippen molar-refractivity contribution < 1.29 is 9.53 Å². The van der Waals surface area contributed by atoms with Crippen LogP contribution in [-0.4, -0.2) is 23.1 Å². The van der Waals surface area contributed by atoms with E-state index < -0.39 is 0 Å². The summed E-state index contributed by atoms with van der Waals surface area (Å²) in [6, 6.07) is 8.11. The Balaban J connectivity index is 2.12. The van der Waals surface area contributed by atoms with Crippen LogP contribution in [0.2, 0.25) is 0 Å². The van der Waals surface area contributed by atoms with Gasteiger partial charge in [-0.25, -0.2) is 0 Å². The number of benzene rings is 1. The van der Waals surface area contributed by atoms with Gasteiger partial charge >= 0.3 is 0 Å². The summed E-state index contributed by atoms with van der Waals surface area (Å²) in [7, 11) is 0. The minimum Gasteiger partial charge on any atom is -0.352 e. The molecule has 1 aromatic rings. The molecule has 0 saturated carbocycles. The van der Waals surface area contributed by atoms with E-state index in [1.54, 1.807) is 11.0 Å². The van der Waals surface area contributed by atoms with Crippen LogP contribution >= 0.6 is 0 Å². The molecule has 0 radical (unpaired) electrons. The Labute approximate surface area is 108 Å². The van der Waals surface area contributed by atoms with Crippen LogP contribution in [0.3, 0.4) is 0 Å². The number of carbonyl (C=O) groups is 1. The fourth-order valence-electron chi connectivity index (χ4n) is 2.03. The maximum atomic E-state index is 11.8. The van der Waals surface area contributed by atoms with Gasteiger partial charge in [0.15, 0.2) is 6.23 Å². The molecular weight excluding hydrogens is 226 g/mol. The first kappa shape index (κ1) is 12.8. The molecule has 0 aliphatic carbocycles. The van der Waals surface area contributed by atoms with Crippen molar-refractivity contribution in [2.45, 2.75) is 39.6 Å². The summed E-state index contributed by atoms with van der Waals surface area (Å²) < 4.78 is 5.72. The van der Waals surface area contributed by atoms with Gasteiger partial charge in [0.2, 0.25) is 5.91 Å². The van der Waals surface area contributed by atoms with Crippen LogP contribution in [-0.2, 0) is 16.1 Å². The van der Waals surface area contributed by atoms with E-state index in [9.17, 15) is 4.79 Å². The molecule has 1 heterocycles. The molecule has 1 aliphatic rings. The van der Waals surface area contributed by atoms with E-state index in [1.807, 2.05) is 38.1 Å². The third kappa shape index (κ3) is 2.79. The van der Waals surface area contributed by atoms with Gasteiger partial charge in [0, 0.05) is 12.6 Å². The van der Waals surface area contributed by atoms with Gasteiger partial charge in [-0.05, 0) is 38.0 Å². The van der Waals surface area contributed by atoms with Gasteiger partial charge in [-0.2, -0.15) is 0 Å². The second-order valence-corrected chi connectivity index (χ2v) is 4.83. The number of ether oxygens (including phenoxy) is 1. The van der Waals surface area contributed by atoms with E-state index >= 15 is 0 Å². The normalized spacial score (nSPS) is 19.0. The Kier molecular flexibility index (Phi) is 3.82. The molecule has 0 N–H and O–H groups in total. The number of nitrogens with zero attached hydrogens (tertiary/aromatic N) is 1. The Morgan fingerprint density at radius 1 is 1.33 bits per heavy atom. The molecule has 18 heavy (non-hydrogen) atoms. The van der Waals surface area contributed by atoms with E-state index in [0.717, 1.165) is 5.56 Å². The zero-order valence-electron chi connectivity index (χ0n) is 11.1. The zero-order valence-corrected chi connectivity index (χ0v) is 11.1. The number of rotatable bonds is 4. The van der Waals surface area contributed by atoms with E-state index in [0.29, 0.717) is 6.54 Å². The highest BCUT2D eigenvalue weighted by Gasteiger charge is 2.27. The lowest BCUT2D eigenvalue weighted by Gasteiger charge is -2.27. The molecule has 2 rings (SSSR count). The number of hydrogen-bond acceptors (Lipinski definition) is 2. The number of hydrogen-bond donors (Lipinski definition) is 0. The Bertz CT molecular complexity index is 465. The minimum atomic E-state index is -0.239. The van der Waals surface area contributed by atoms with Gasteiger partial charge in [-0.1, -0.05) is 24.3 Å². The average Bonchev–Trinajstić information content (AvgIpc) is 2.64. The topological polar surface area (TPSA) is 29.5 Å². The molecule has 0 saturated heterocycles. The molecule has 1 aliphatic heterocycles. The summed E-state index contributed by atoms with van der Waals surface area (Å²) in [5, 5.41) is 0. The molecule has 3 nitrogen and oxygen atoms in total. The van der Waals surface area contributed by atoms with Gasteiger partial charge in [0.25, 0.3) is 0 Å². The molecule has 3 heteroatoms. The summed E-state index contributed by atoms with van der Waals surface area (Å²) in [6.07, 6.45) is 3.27. The molecule has 0 aromatic heterocycles. The first-order chi connectivity index (χ1) is 8.58. The predicted octanol–water partition coefficient (Wildman–Crippen LogP) is 2.64. The average molecular weight is 245 g/mol. The van der Waals surface area contributed by atoms with Crippen LogP contribution in [0.5, 0.6) is 0 Å². The predicted molar refractivity (Wildman–Crippen MR) is 70.9 cm³/mol. The van der Waals surface area contributed by atoms with Crippen molar-refractivity contribution in [1.29, 1.82) is 0 Å². The molecule has 0 fully saturated rings. The number of amides is 1. The first-order valence-electron chi connectivity index (χ1n) is 6.26. The summed E-state index contributed by atoms with van der Waals surface area (Å²) in [5.41, 5.74) is 2.35. The lowest BCUT2D eigenvalue weighted by Crippen LogP contribution is -2.36. The fraction of sp³-hybridized carbons (Fsp3) is 0.400. The van der Waals surface area contributed by atoms with Gasteiger partial charge in [-0.3, -0.25) is 4.79 Å². The van der Waals surface area contributed by atoms with Crippen molar-refractivity contribution in [1.82, 2.24) is 4.90 Å². The summed E-state index contributed by atoms with van der Waals surface area (Å²) in [5.74, 6) is 0.0175. The van der Waals surface area contributed by atoms with E-state index in [4.69, 9.17) is 4.74 Å². The largest absolute Gasteiger partial charge is 0.352 e. The van der Waals surface area contributed by atoms with Gasteiger partial charge < -0.3 is 9.64 Å². The van der Waals surface area contributed by atoms with Gasteiger partial charge in [-0.15, -0.1) is 0 Å². The van der Waals surface area contributed by atoms with Crippen LogP contribution in [0.15, 0.2) is 36.4 Å². The smallest absolute Gasteiger partial charge is 0.248 e. The third-order valence-corrected chi connectivity index (χ3v) is 3.01. The second kappa shape index (κ2) is 5.36. The Morgan fingerprint density at radius 3 is 2.72 bits per heavy atom. The lowest BCUT2D eigenvalue weighted by atomic mass is 10.1. The molecule has 0 spiro atoms. The molecule has 96 valence electrons. The molecule has 0 bridgehead atoms. The zero-order chi connectivity index (χ0) is 13.1. The summed E-state index contributed by atoms with van der Waals surface area (Å²) in [4.78, 5) is 13.6. The third-order valence-electron chi connectivity index (χ3n) is 3.01. The van der Waals surface area contributed by atoms with Crippen molar-refractivity contribution in [2.24, 2.45) is 0 Å². The van der Waals surface area contributed by atoms with Crippen molar-refractivity contribution in [3.05, 3.63) is 47.5 Å². The van der Waals surface area contributed by atoms with Crippen LogP contribution in [0.4, 0.5) is 0 Å². The highest BCUT2D eigenvalue weighted by Crippen LogP contribution is 2.19. The highest BCUT2D eigenvalue weighted by molar-refractivity contribution is 5.90. The quantitative estimate of drug-likeness (QED) is 0.816. The van der Waals surface area contributed by atoms with E-state index in [2.05, 4.69) is 13.0 Å². The summed E-state index contributed by atoms with van der Waals surface area (Å²) >= 11 is 0. The monoisotopic (exact) mass is 245 g/mol. The Morgan fingerprint density at radius 2 is 2.06 bits per heavy atom. The van der Waals surface area contributed by atoms with Crippen molar-refractivity contribution in [3.63, 3.8) is 0 Å². The van der Waals surface area contributed by atoms with Crippen LogP contribution in [0.25, 0.3) is 0 Å². The van der Waals surface area contributed by atoms with Crippen molar-refractivity contribution in [2.75, 3.05) is 0 Å². The Hall–Kier alpha value is -1.61. The molecule has 1 amide bonds. The second-order valence-electron chi connectivity index (χ2n) is 4.83. The molecule has 1 atom stereocenters.